The van der Waals surface area contributed by atoms with Crippen molar-refractivity contribution in [3.63, 3.8) is 0 Å². The summed E-state index contributed by atoms with van der Waals surface area (Å²) in [5.74, 6) is 1.64. The number of pyridine rings is 1. The monoisotopic (exact) mass is 268 g/mol. The standard InChI is InChI=1S/C16H20N4/c1-5-14-7-12(15(9-19-14)10(2)3)6-13-8-18-11(4)20-16(13)17/h5,7-10H,1,6H2,2-4H3,(H2,17,18,20). The number of nitrogens with two attached hydrogens (primary N) is 1. The molecule has 0 aromatic carbocycles. The molecule has 0 saturated heterocycles. The quantitative estimate of drug-likeness (QED) is 0.925. The lowest BCUT2D eigenvalue weighted by Gasteiger charge is -2.14. The minimum Gasteiger partial charge on any atom is -0.383 e. The number of nitrogen functional groups attached to an aromatic ring is 1. The largest absolute Gasteiger partial charge is 0.383 e. The maximum absolute atomic E-state index is 5.98. The second-order valence-corrected chi connectivity index (χ2v) is 5.17. The number of nitrogens with zero attached hydrogens (tertiary/aromatic N) is 3. The summed E-state index contributed by atoms with van der Waals surface area (Å²) in [6.45, 7) is 9.92. The average Bonchev–Trinajstić information content (AvgIpc) is 2.41. The van der Waals surface area contributed by atoms with Gasteiger partial charge >= 0.3 is 0 Å². The summed E-state index contributed by atoms with van der Waals surface area (Å²) in [6.07, 6.45) is 6.18. The van der Waals surface area contributed by atoms with Gasteiger partial charge in [0.15, 0.2) is 0 Å². The number of anilines is 1. The number of rotatable bonds is 4. The lowest BCUT2D eigenvalue weighted by molar-refractivity contribution is 0.836. The van der Waals surface area contributed by atoms with Gasteiger partial charge in [0.1, 0.15) is 11.6 Å². The van der Waals surface area contributed by atoms with Crippen LogP contribution in [-0.4, -0.2) is 15.0 Å². The highest BCUT2D eigenvalue weighted by molar-refractivity contribution is 5.48. The smallest absolute Gasteiger partial charge is 0.130 e. The van der Waals surface area contributed by atoms with E-state index in [2.05, 4.69) is 41.4 Å². The van der Waals surface area contributed by atoms with Crippen LogP contribution in [0.3, 0.4) is 0 Å². The molecule has 0 saturated carbocycles. The van der Waals surface area contributed by atoms with Crippen LogP contribution in [0, 0.1) is 6.92 Å². The van der Waals surface area contributed by atoms with Crippen molar-refractivity contribution >= 4 is 11.9 Å². The van der Waals surface area contributed by atoms with E-state index in [1.165, 1.54) is 11.1 Å². The fourth-order valence-electron chi connectivity index (χ4n) is 2.16. The zero-order chi connectivity index (χ0) is 14.7. The van der Waals surface area contributed by atoms with Crippen LogP contribution in [0.2, 0.25) is 0 Å². The molecule has 104 valence electrons. The van der Waals surface area contributed by atoms with Gasteiger partial charge in [-0.3, -0.25) is 4.98 Å². The predicted octanol–water partition coefficient (Wildman–Crippen LogP) is 3.12. The van der Waals surface area contributed by atoms with E-state index < -0.39 is 0 Å². The molecule has 0 aliphatic rings. The molecule has 0 atom stereocenters. The Bertz CT molecular complexity index is 632. The zero-order valence-corrected chi connectivity index (χ0v) is 12.2. The third kappa shape index (κ3) is 3.02. The van der Waals surface area contributed by atoms with E-state index in [1.807, 2.05) is 13.1 Å². The maximum Gasteiger partial charge on any atom is 0.130 e. The highest BCUT2D eigenvalue weighted by Crippen LogP contribution is 2.23. The van der Waals surface area contributed by atoms with Crippen molar-refractivity contribution in [1.82, 2.24) is 15.0 Å². The number of hydrogen-bond acceptors (Lipinski definition) is 4. The topological polar surface area (TPSA) is 64.7 Å². The molecule has 0 amide bonds. The Morgan fingerprint density at radius 1 is 1.25 bits per heavy atom. The molecule has 4 nitrogen and oxygen atoms in total. The minimum atomic E-state index is 0.406. The van der Waals surface area contributed by atoms with Gasteiger partial charge in [-0.15, -0.1) is 0 Å². The Morgan fingerprint density at radius 3 is 2.60 bits per heavy atom. The van der Waals surface area contributed by atoms with E-state index in [4.69, 9.17) is 5.73 Å². The van der Waals surface area contributed by atoms with Gasteiger partial charge in [-0.1, -0.05) is 20.4 Å². The van der Waals surface area contributed by atoms with Gasteiger partial charge in [0.05, 0.1) is 5.69 Å². The highest BCUT2D eigenvalue weighted by atomic mass is 14.9. The van der Waals surface area contributed by atoms with Crippen molar-refractivity contribution in [3.8, 4) is 0 Å². The number of aryl methyl sites for hydroxylation is 1. The summed E-state index contributed by atoms with van der Waals surface area (Å²) in [5.41, 5.74) is 10.2. The van der Waals surface area contributed by atoms with E-state index in [1.54, 1.807) is 12.3 Å². The van der Waals surface area contributed by atoms with Gasteiger partial charge in [-0.05, 0) is 36.1 Å². The molecule has 0 radical (unpaired) electrons. The molecule has 2 N–H and O–H groups in total. The number of hydrogen-bond donors (Lipinski definition) is 1. The third-order valence-electron chi connectivity index (χ3n) is 3.28. The summed E-state index contributed by atoms with van der Waals surface area (Å²) in [7, 11) is 0. The first-order valence-corrected chi connectivity index (χ1v) is 6.70. The van der Waals surface area contributed by atoms with E-state index >= 15 is 0 Å². The Balaban J connectivity index is 2.43. The van der Waals surface area contributed by atoms with Crippen LogP contribution in [0.5, 0.6) is 0 Å². The summed E-state index contributed by atoms with van der Waals surface area (Å²) in [6, 6.07) is 2.06. The van der Waals surface area contributed by atoms with Gasteiger partial charge in [0.2, 0.25) is 0 Å². The SMILES string of the molecule is C=Cc1cc(Cc2cnc(C)nc2N)c(C(C)C)cn1. The second-order valence-electron chi connectivity index (χ2n) is 5.17. The highest BCUT2D eigenvalue weighted by Gasteiger charge is 2.11. The molecule has 2 aromatic heterocycles. The van der Waals surface area contributed by atoms with E-state index in [-0.39, 0.29) is 0 Å². The normalized spacial score (nSPS) is 10.8. The van der Waals surface area contributed by atoms with Crippen molar-refractivity contribution in [3.05, 3.63) is 53.2 Å². The summed E-state index contributed by atoms with van der Waals surface area (Å²) >= 11 is 0. The van der Waals surface area contributed by atoms with Crippen LogP contribution < -0.4 is 5.73 Å². The molecule has 0 unspecified atom stereocenters. The molecule has 2 rings (SSSR count). The Morgan fingerprint density at radius 2 is 2.00 bits per heavy atom. The van der Waals surface area contributed by atoms with Crippen LogP contribution >= 0.6 is 0 Å². The minimum absolute atomic E-state index is 0.406. The third-order valence-corrected chi connectivity index (χ3v) is 3.28. The molecule has 0 bridgehead atoms. The van der Waals surface area contributed by atoms with Crippen molar-refractivity contribution < 1.29 is 0 Å². The van der Waals surface area contributed by atoms with Crippen molar-refractivity contribution in [1.29, 1.82) is 0 Å². The lowest BCUT2D eigenvalue weighted by atomic mass is 9.94. The zero-order valence-electron chi connectivity index (χ0n) is 12.2. The number of aromatic nitrogens is 3. The van der Waals surface area contributed by atoms with Crippen LogP contribution in [0.25, 0.3) is 6.08 Å². The second kappa shape index (κ2) is 5.82. The van der Waals surface area contributed by atoms with E-state index in [0.29, 0.717) is 24.0 Å². The molecular weight excluding hydrogens is 248 g/mol. The molecule has 2 aromatic rings. The molecule has 20 heavy (non-hydrogen) atoms. The summed E-state index contributed by atoms with van der Waals surface area (Å²) in [4.78, 5) is 12.8. The van der Waals surface area contributed by atoms with Gasteiger partial charge in [-0.2, -0.15) is 0 Å². The van der Waals surface area contributed by atoms with Crippen molar-refractivity contribution in [2.45, 2.75) is 33.1 Å². The van der Waals surface area contributed by atoms with Crippen LogP contribution in [-0.2, 0) is 6.42 Å². The molecule has 0 fully saturated rings. The van der Waals surface area contributed by atoms with E-state index in [9.17, 15) is 0 Å². The molecule has 0 spiro atoms. The fourth-order valence-corrected chi connectivity index (χ4v) is 2.16. The van der Waals surface area contributed by atoms with Crippen LogP contribution in [0.1, 0.15) is 48.0 Å². The molecule has 4 heteroatoms. The van der Waals surface area contributed by atoms with Crippen LogP contribution in [0.4, 0.5) is 5.82 Å². The van der Waals surface area contributed by atoms with Gasteiger partial charge < -0.3 is 5.73 Å². The van der Waals surface area contributed by atoms with Gasteiger partial charge in [-0.25, -0.2) is 9.97 Å². The van der Waals surface area contributed by atoms with Crippen LogP contribution in [0.15, 0.2) is 25.0 Å². The predicted molar refractivity (Wildman–Crippen MR) is 82.4 cm³/mol. The van der Waals surface area contributed by atoms with Gasteiger partial charge in [0.25, 0.3) is 0 Å². The Hall–Kier alpha value is -2.23. The van der Waals surface area contributed by atoms with E-state index in [0.717, 1.165) is 11.3 Å². The first-order valence-electron chi connectivity index (χ1n) is 6.70. The molecule has 2 heterocycles. The van der Waals surface area contributed by atoms with Crippen molar-refractivity contribution in [2.75, 3.05) is 5.73 Å². The lowest BCUT2D eigenvalue weighted by Crippen LogP contribution is -2.05. The first kappa shape index (κ1) is 14.2. The Kier molecular flexibility index (Phi) is 4.13. The average molecular weight is 268 g/mol. The molecule has 0 aliphatic carbocycles. The van der Waals surface area contributed by atoms with Crippen molar-refractivity contribution in [2.24, 2.45) is 0 Å². The van der Waals surface area contributed by atoms with Gasteiger partial charge in [0, 0.05) is 24.4 Å². The fraction of sp³-hybridized carbons (Fsp3) is 0.312. The molecular formula is C16H20N4. The first-order chi connectivity index (χ1) is 9.51. The maximum atomic E-state index is 5.98. The summed E-state index contributed by atoms with van der Waals surface area (Å²) in [5, 5.41) is 0. The molecule has 0 aliphatic heterocycles. The summed E-state index contributed by atoms with van der Waals surface area (Å²) < 4.78 is 0. The Labute approximate surface area is 119 Å².